The van der Waals surface area contributed by atoms with Gasteiger partial charge in [0.2, 0.25) is 17.7 Å². The minimum Gasteiger partial charge on any atom is -0.455 e. The fourth-order valence-electron chi connectivity index (χ4n) is 6.82. The SMILES string of the molecule is CC(C)[C@H](CO)N1C(=O)[C@H]2[C@@H]3C(=O)O[C@H](c4ccccc4)CNC(=O)CC/C=C\CN(C(C)C)C(=O)[C@H]1[C@@]21C=C(Br)[C@@H]3O1. The number of carbonyl (C=O) groups is 4. The number of hydrogen-bond donors (Lipinski definition) is 2. The van der Waals surface area contributed by atoms with Gasteiger partial charge in [0.1, 0.15) is 29.8 Å². The maximum atomic E-state index is 14.6. The molecule has 4 aliphatic heterocycles. The molecular weight excluding hydrogens is 618 g/mol. The summed E-state index contributed by atoms with van der Waals surface area (Å²) in [4.78, 5) is 58.9. The monoisotopic (exact) mass is 657 g/mol. The number of aliphatic hydroxyl groups is 1. The maximum absolute atomic E-state index is 14.6. The average Bonchev–Trinajstić information content (AvgIpc) is 3.56. The topological polar surface area (TPSA) is 125 Å². The largest absolute Gasteiger partial charge is 0.455 e. The molecule has 4 aliphatic rings. The molecule has 0 saturated carbocycles. The normalized spacial score (nSPS) is 33.0. The van der Waals surface area contributed by atoms with Crippen molar-refractivity contribution in [1.29, 1.82) is 0 Å². The van der Waals surface area contributed by atoms with Gasteiger partial charge in [-0.3, -0.25) is 19.2 Å². The van der Waals surface area contributed by atoms with Gasteiger partial charge in [0.05, 0.1) is 25.1 Å². The maximum Gasteiger partial charge on any atom is 0.313 e. The molecule has 10 nitrogen and oxygen atoms in total. The Morgan fingerprint density at radius 2 is 1.79 bits per heavy atom. The van der Waals surface area contributed by atoms with Crippen molar-refractivity contribution in [3.8, 4) is 0 Å². The molecule has 11 heteroatoms. The summed E-state index contributed by atoms with van der Waals surface area (Å²) >= 11 is 3.57. The Morgan fingerprint density at radius 1 is 1.07 bits per heavy atom. The highest BCUT2D eigenvalue weighted by molar-refractivity contribution is 9.11. The average molecular weight is 659 g/mol. The minimum absolute atomic E-state index is 0.0611. The predicted octanol–water partition coefficient (Wildman–Crippen LogP) is 2.86. The Labute approximate surface area is 260 Å². The van der Waals surface area contributed by atoms with E-state index in [9.17, 15) is 24.3 Å². The Bertz CT molecular complexity index is 1320. The van der Waals surface area contributed by atoms with Crippen LogP contribution in [0.3, 0.4) is 0 Å². The standard InChI is InChI=1S/C32H40BrN3O7/c1-18(2)22(17-37)36-28-30(40)35(19(3)4)14-10-6-9-13-24(38)34-16-23(20-11-7-5-8-12-20)42-31(41)25-26(29(36)39)32(28)15-21(33)27(25)43-32/h5-8,10-12,15,18-19,22-23,25-28,37H,9,13-14,16-17H2,1-4H3,(H,34,38)/b10-6-/t22-,23-,25-,26+,27-,28-,32+/m0/s1. The molecule has 232 valence electrons. The summed E-state index contributed by atoms with van der Waals surface area (Å²) in [5, 5.41) is 13.3. The molecule has 5 bridgehead atoms. The summed E-state index contributed by atoms with van der Waals surface area (Å²) in [6, 6.07) is 7.13. The first-order chi connectivity index (χ1) is 20.5. The molecule has 0 aromatic heterocycles. The molecule has 43 heavy (non-hydrogen) atoms. The zero-order valence-corrected chi connectivity index (χ0v) is 26.5. The van der Waals surface area contributed by atoms with Crippen LogP contribution in [-0.2, 0) is 28.7 Å². The molecule has 0 unspecified atom stereocenters. The van der Waals surface area contributed by atoms with Crippen LogP contribution in [0.4, 0.5) is 0 Å². The van der Waals surface area contributed by atoms with E-state index in [-0.39, 0.29) is 49.9 Å². The Morgan fingerprint density at radius 3 is 2.44 bits per heavy atom. The third kappa shape index (κ3) is 5.55. The van der Waals surface area contributed by atoms with Crippen molar-refractivity contribution in [2.45, 2.75) is 76.5 Å². The molecule has 1 spiro atoms. The number of nitrogens with zero attached hydrogens (tertiary/aromatic N) is 2. The van der Waals surface area contributed by atoms with Crippen molar-refractivity contribution < 1.29 is 33.8 Å². The van der Waals surface area contributed by atoms with E-state index >= 15 is 0 Å². The highest BCUT2D eigenvalue weighted by Crippen LogP contribution is 2.59. The molecule has 3 amide bonds. The number of halogens is 1. The fraction of sp³-hybridized carbons (Fsp3) is 0.562. The lowest BCUT2D eigenvalue weighted by molar-refractivity contribution is -0.161. The smallest absolute Gasteiger partial charge is 0.313 e. The van der Waals surface area contributed by atoms with Crippen molar-refractivity contribution in [2.75, 3.05) is 19.7 Å². The van der Waals surface area contributed by atoms with E-state index in [0.717, 1.165) is 0 Å². The van der Waals surface area contributed by atoms with E-state index in [1.165, 1.54) is 4.90 Å². The van der Waals surface area contributed by atoms with Gasteiger partial charge >= 0.3 is 5.97 Å². The van der Waals surface area contributed by atoms with Crippen LogP contribution in [0.2, 0.25) is 0 Å². The number of fused-ring (bicyclic) bond motifs is 2. The molecule has 1 aromatic carbocycles. The lowest BCUT2D eigenvalue weighted by atomic mass is 9.74. The third-order valence-electron chi connectivity index (χ3n) is 9.01. The lowest BCUT2D eigenvalue weighted by Gasteiger charge is -2.40. The summed E-state index contributed by atoms with van der Waals surface area (Å²) in [5.74, 6) is -3.83. The van der Waals surface area contributed by atoms with Gasteiger partial charge in [-0.15, -0.1) is 0 Å². The van der Waals surface area contributed by atoms with Gasteiger partial charge in [-0.05, 0) is 37.8 Å². The Balaban J connectivity index is 1.63. The number of carbonyl (C=O) groups excluding carboxylic acids is 4. The molecule has 2 fully saturated rings. The number of ether oxygens (including phenoxy) is 2. The van der Waals surface area contributed by atoms with E-state index < -0.39 is 53.6 Å². The van der Waals surface area contributed by atoms with E-state index in [4.69, 9.17) is 9.47 Å². The molecule has 2 N–H and O–H groups in total. The summed E-state index contributed by atoms with van der Waals surface area (Å²) in [5.41, 5.74) is -0.729. The molecule has 5 rings (SSSR count). The number of esters is 1. The lowest BCUT2D eigenvalue weighted by Crippen LogP contribution is -2.60. The van der Waals surface area contributed by atoms with E-state index in [2.05, 4.69) is 21.2 Å². The second kappa shape index (κ2) is 12.5. The number of benzene rings is 1. The van der Waals surface area contributed by atoms with Crippen molar-refractivity contribution in [2.24, 2.45) is 17.8 Å². The molecule has 4 heterocycles. The molecular formula is C32H40BrN3O7. The molecule has 1 aromatic rings. The van der Waals surface area contributed by atoms with E-state index in [0.29, 0.717) is 16.5 Å². The van der Waals surface area contributed by atoms with E-state index in [1.54, 1.807) is 11.0 Å². The van der Waals surface area contributed by atoms with Crippen molar-refractivity contribution in [1.82, 2.24) is 15.1 Å². The van der Waals surface area contributed by atoms with Gasteiger partial charge in [0.25, 0.3) is 0 Å². The molecule has 2 saturated heterocycles. The van der Waals surface area contributed by atoms with Crippen molar-refractivity contribution in [3.63, 3.8) is 0 Å². The van der Waals surface area contributed by atoms with Crippen molar-refractivity contribution >= 4 is 39.6 Å². The van der Waals surface area contributed by atoms with Gasteiger partial charge in [-0.25, -0.2) is 0 Å². The molecule has 0 aliphatic carbocycles. The second-order valence-electron chi connectivity index (χ2n) is 12.3. The van der Waals surface area contributed by atoms with Crippen LogP contribution in [0.1, 0.15) is 52.2 Å². The van der Waals surface area contributed by atoms with Crippen LogP contribution in [0, 0.1) is 17.8 Å². The van der Waals surface area contributed by atoms with Gasteiger partial charge in [0, 0.05) is 23.5 Å². The van der Waals surface area contributed by atoms with Gasteiger partial charge < -0.3 is 29.7 Å². The zero-order chi connectivity index (χ0) is 31.1. The van der Waals surface area contributed by atoms with Gasteiger partial charge in [0.15, 0.2) is 0 Å². The molecule has 7 atom stereocenters. The zero-order valence-electron chi connectivity index (χ0n) is 24.9. The predicted molar refractivity (Wildman–Crippen MR) is 161 cm³/mol. The molecule has 0 radical (unpaired) electrons. The summed E-state index contributed by atoms with van der Waals surface area (Å²) in [6.45, 7) is 7.54. The number of cyclic esters (lactones) is 1. The number of amides is 3. The quantitative estimate of drug-likeness (QED) is 0.368. The highest BCUT2D eigenvalue weighted by Gasteiger charge is 2.75. The summed E-state index contributed by atoms with van der Waals surface area (Å²) < 4.78 is 13.2. The second-order valence-corrected chi connectivity index (χ2v) is 13.2. The number of likely N-dealkylation sites (tertiary alicyclic amines) is 1. The number of allylic oxidation sites excluding steroid dienone is 1. The fourth-order valence-corrected chi connectivity index (χ4v) is 7.56. The van der Waals surface area contributed by atoms with Crippen LogP contribution in [0.25, 0.3) is 0 Å². The van der Waals surface area contributed by atoms with E-state index in [1.807, 2.05) is 70.2 Å². The highest BCUT2D eigenvalue weighted by atomic mass is 79.9. The number of hydrogen-bond acceptors (Lipinski definition) is 7. The number of rotatable bonds is 5. The first-order valence-electron chi connectivity index (χ1n) is 15.0. The first kappa shape index (κ1) is 31.4. The Hall–Kier alpha value is -3.02. The van der Waals surface area contributed by atoms with Crippen molar-refractivity contribution in [3.05, 3.63) is 58.6 Å². The van der Waals surface area contributed by atoms with Gasteiger partial charge in [-0.1, -0.05) is 72.3 Å². The Kier molecular flexibility index (Phi) is 9.15. The number of aliphatic hydroxyl groups excluding tert-OH is 1. The summed E-state index contributed by atoms with van der Waals surface area (Å²) in [7, 11) is 0. The van der Waals surface area contributed by atoms with Crippen LogP contribution >= 0.6 is 15.9 Å². The van der Waals surface area contributed by atoms with Crippen LogP contribution in [0.15, 0.2) is 53.0 Å². The van der Waals surface area contributed by atoms with Crippen LogP contribution in [-0.4, -0.2) is 88.1 Å². The van der Waals surface area contributed by atoms with Crippen LogP contribution < -0.4 is 5.32 Å². The van der Waals surface area contributed by atoms with Crippen LogP contribution in [0.5, 0.6) is 0 Å². The van der Waals surface area contributed by atoms with Gasteiger partial charge in [-0.2, -0.15) is 0 Å². The minimum atomic E-state index is -1.43. The number of nitrogens with one attached hydrogen (secondary N) is 1. The third-order valence-corrected chi connectivity index (χ3v) is 9.69. The summed E-state index contributed by atoms with van der Waals surface area (Å²) in [6.07, 6.45) is 4.56. The first-order valence-corrected chi connectivity index (χ1v) is 15.8.